The molecule has 2 aromatic heterocycles. The van der Waals surface area contributed by atoms with Gasteiger partial charge in [0, 0.05) is 11.6 Å². The second-order valence-electron chi connectivity index (χ2n) is 6.86. The lowest BCUT2D eigenvalue weighted by atomic mass is 10.1. The Balaban J connectivity index is 1.83. The lowest BCUT2D eigenvalue weighted by Gasteiger charge is -2.10. The van der Waals surface area contributed by atoms with Gasteiger partial charge in [-0.1, -0.05) is 12.1 Å². The zero-order valence-corrected chi connectivity index (χ0v) is 16.3. The molecule has 0 spiro atoms. The molecule has 0 radical (unpaired) electrons. The molecule has 0 saturated carbocycles. The summed E-state index contributed by atoms with van der Waals surface area (Å²) < 4.78 is 55.8. The van der Waals surface area contributed by atoms with Gasteiger partial charge in [0.1, 0.15) is 17.4 Å². The fraction of sp³-hybridized carbons (Fsp3) is 0.100. The van der Waals surface area contributed by atoms with Gasteiger partial charge in [-0.3, -0.25) is 10.1 Å². The molecule has 0 aliphatic rings. The van der Waals surface area contributed by atoms with Crippen molar-refractivity contribution in [1.82, 2.24) is 19.7 Å². The highest BCUT2D eigenvalue weighted by atomic mass is 19.4. The largest absolute Gasteiger partial charge is 0.423 e. The molecule has 2 heterocycles. The van der Waals surface area contributed by atoms with E-state index in [4.69, 9.17) is 11.0 Å². The number of nitrogens with zero attached hydrogens (tertiary/aromatic N) is 6. The molecule has 0 amide bonds. The molecule has 2 aromatic carbocycles. The first-order valence-electron chi connectivity index (χ1n) is 9.12. The molecule has 0 bridgehead atoms. The third-order valence-corrected chi connectivity index (χ3v) is 4.78. The van der Waals surface area contributed by atoms with E-state index >= 15 is 0 Å². The minimum Gasteiger partial charge on any atom is -0.368 e. The number of nitro groups is 1. The van der Waals surface area contributed by atoms with Crippen molar-refractivity contribution in [3.05, 3.63) is 75.2 Å². The number of halogens is 4. The van der Waals surface area contributed by atoms with E-state index in [1.165, 1.54) is 35.1 Å². The summed E-state index contributed by atoms with van der Waals surface area (Å²) >= 11 is 0. The van der Waals surface area contributed by atoms with Crippen molar-refractivity contribution in [2.24, 2.45) is 0 Å². The molecular formula is C20H11F4N7O2. The number of nitriles is 1. The van der Waals surface area contributed by atoms with Crippen molar-refractivity contribution >= 4 is 22.7 Å². The third kappa shape index (κ3) is 3.89. The molecule has 0 saturated heterocycles. The SMILES string of the molecule is N#Cc1cccc(-c2nc(N)nc3c2cnn3Cc2ccc([N+](=O)[O-])c(C(F)(F)F)c2)c1F. The van der Waals surface area contributed by atoms with Crippen molar-refractivity contribution in [2.45, 2.75) is 12.7 Å². The number of hydrogen-bond donors (Lipinski definition) is 1. The zero-order valence-electron chi connectivity index (χ0n) is 16.3. The van der Waals surface area contributed by atoms with E-state index in [0.29, 0.717) is 6.07 Å². The number of nitrogens with two attached hydrogens (primary N) is 1. The van der Waals surface area contributed by atoms with Crippen LogP contribution in [-0.2, 0) is 12.7 Å². The minimum atomic E-state index is -4.94. The summed E-state index contributed by atoms with van der Waals surface area (Å²) in [6, 6.07) is 8.46. The van der Waals surface area contributed by atoms with Crippen LogP contribution in [0.1, 0.15) is 16.7 Å². The Morgan fingerprint density at radius 2 is 1.97 bits per heavy atom. The fourth-order valence-electron chi connectivity index (χ4n) is 3.34. The maximum atomic E-state index is 14.7. The van der Waals surface area contributed by atoms with Gasteiger partial charge in [0.25, 0.3) is 5.69 Å². The monoisotopic (exact) mass is 457 g/mol. The van der Waals surface area contributed by atoms with Crippen LogP contribution in [-0.4, -0.2) is 24.7 Å². The molecule has 0 unspecified atom stereocenters. The van der Waals surface area contributed by atoms with Crippen LogP contribution in [0.5, 0.6) is 0 Å². The molecule has 13 heteroatoms. The quantitative estimate of drug-likeness (QED) is 0.277. The van der Waals surface area contributed by atoms with Crippen LogP contribution >= 0.6 is 0 Å². The van der Waals surface area contributed by atoms with Gasteiger partial charge < -0.3 is 5.73 Å². The Bertz CT molecular complexity index is 1460. The number of benzene rings is 2. The number of hydrogen-bond acceptors (Lipinski definition) is 7. The summed E-state index contributed by atoms with van der Waals surface area (Å²) in [5.41, 5.74) is 3.28. The van der Waals surface area contributed by atoms with E-state index in [9.17, 15) is 27.7 Å². The zero-order chi connectivity index (χ0) is 23.9. The van der Waals surface area contributed by atoms with Crippen molar-refractivity contribution in [3.8, 4) is 17.3 Å². The van der Waals surface area contributed by atoms with E-state index in [-0.39, 0.29) is 45.9 Å². The van der Waals surface area contributed by atoms with Crippen LogP contribution < -0.4 is 5.73 Å². The van der Waals surface area contributed by atoms with Crippen molar-refractivity contribution < 1.29 is 22.5 Å². The molecule has 4 rings (SSSR count). The van der Waals surface area contributed by atoms with Crippen LogP contribution in [0.25, 0.3) is 22.3 Å². The average Bonchev–Trinajstić information content (AvgIpc) is 3.15. The first-order valence-corrected chi connectivity index (χ1v) is 9.12. The van der Waals surface area contributed by atoms with E-state index in [1.807, 2.05) is 0 Å². The smallest absolute Gasteiger partial charge is 0.368 e. The van der Waals surface area contributed by atoms with Gasteiger partial charge >= 0.3 is 6.18 Å². The molecular weight excluding hydrogens is 446 g/mol. The number of fused-ring (bicyclic) bond motifs is 1. The van der Waals surface area contributed by atoms with Gasteiger partial charge in [0.05, 0.1) is 34.3 Å². The standard InChI is InChI=1S/C20H11F4N7O2/c21-16-11(7-25)2-1-3-12(16)17-13-8-27-30(18(13)29-19(26)28-17)9-10-4-5-15(31(32)33)14(6-10)20(22,23)24/h1-6,8H,9H2,(H2,26,28,29). The van der Waals surface area contributed by atoms with E-state index < -0.39 is 28.2 Å². The highest BCUT2D eigenvalue weighted by Crippen LogP contribution is 2.37. The Labute approximate surface area is 181 Å². The maximum absolute atomic E-state index is 14.7. The summed E-state index contributed by atoms with van der Waals surface area (Å²) in [6.45, 7) is -0.235. The second kappa shape index (κ2) is 7.83. The molecule has 33 heavy (non-hydrogen) atoms. The number of rotatable bonds is 4. The van der Waals surface area contributed by atoms with Crippen molar-refractivity contribution in [1.29, 1.82) is 5.26 Å². The van der Waals surface area contributed by atoms with Crippen LogP contribution in [0.3, 0.4) is 0 Å². The summed E-state index contributed by atoms with van der Waals surface area (Å²) in [4.78, 5) is 18.0. The number of alkyl halides is 3. The Hall–Kier alpha value is -4.60. The van der Waals surface area contributed by atoms with Gasteiger partial charge in [0.2, 0.25) is 5.95 Å². The molecule has 166 valence electrons. The predicted octanol–water partition coefficient (Wildman–Crippen LogP) is 4.06. The number of anilines is 1. The highest BCUT2D eigenvalue weighted by Gasteiger charge is 2.38. The van der Waals surface area contributed by atoms with Gasteiger partial charge in [-0.25, -0.2) is 14.1 Å². The second-order valence-corrected chi connectivity index (χ2v) is 6.86. The summed E-state index contributed by atoms with van der Waals surface area (Å²) in [5.74, 6) is -1.07. The summed E-state index contributed by atoms with van der Waals surface area (Å²) in [5, 5.41) is 24.4. The molecule has 0 aliphatic heterocycles. The molecule has 0 atom stereocenters. The normalized spacial score (nSPS) is 11.5. The predicted molar refractivity (Wildman–Crippen MR) is 107 cm³/mol. The number of nitrogen functional groups attached to an aromatic ring is 1. The molecule has 4 aromatic rings. The third-order valence-electron chi connectivity index (χ3n) is 4.78. The van der Waals surface area contributed by atoms with Crippen molar-refractivity contribution in [2.75, 3.05) is 5.73 Å². The van der Waals surface area contributed by atoms with Crippen LogP contribution in [0.15, 0.2) is 42.6 Å². The first kappa shape index (κ1) is 21.6. The Kier molecular flexibility index (Phi) is 5.13. The van der Waals surface area contributed by atoms with E-state index in [1.54, 1.807) is 6.07 Å². The number of nitro benzene ring substituents is 1. The van der Waals surface area contributed by atoms with Crippen LogP contribution in [0.2, 0.25) is 0 Å². The Morgan fingerprint density at radius 3 is 2.64 bits per heavy atom. The average molecular weight is 457 g/mol. The maximum Gasteiger partial charge on any atom is 0.423 e. The van der Waals surface area contributed by atoms with Gasteiger partial charge in [0.15, 0.2) is 5.65 Å². The van der Waals surface area contributed by atoms with Gasteiger partial charge in [-0.15, -0.1) is 0 Å². The van der Waals surface area contributed by atoms with E-state index in [2.05, 4.69) is 15.1 Å². The highest BCUT2D eigenvalue weighted by molar-refractivity contribution is 5.91. The lowest BCUT2D eigenvalue weighted by molar-refractivity contribution is -0.388. The fourth-order valence-corrected chi connectivity index (χ4v) is 3.34. The molecule has 9 nitrogen and oxygen atoms in total. The van der Waals surface area contributed by atoms with Gasteiger partial charge in [-0.05, 0) is 23.8 Å². The number of aromatic nitrogens is 4. The van der Waals surface area contributed by atoms with Crippen LogP contribution in [0.4, 0.5) is 29.2 Å². The Morgan fingerprint density at radius 1 is 1.21 bits per heavy atom. The topological polar surface area (TPSA) is 137 Å². The van der Waals surface area contributed by atoms with Crippen LogP contribution in [0, 0.1) is 27.3 Å². The summed E-state index contributed by atoms with van der Waals surface area (Å²) in [7, 11) is 0. The lowest BCUT2D eigenvalue weighted by Crippen LogP contribution is -2.11. The first-order chi connectivity index (χ1) is 15.6. The van der Waals surface area contributed by atoms with E-state index in [0.717, 1.165) is 6.07 Å². The van der Waals surface area contributed by atoms with Crippen molar-refractivity contribution in [3.63, 3.8) is 0 Å². The van der Waals surface area contributed by atoms with Gasteiger partial charge in [-0.2, -0.15) is 28.5 Å². The summed E-state index contributed by atoms with van der Waals surface area (Å²) in [6.07, 6.45) is -3.65. The molecule has 0 aliphatic carbocycles. The molecule has 2 N–H and O–H groups in total. The molecule has 0 fully saturated rings. The minimum absolute atomic E-state index is 0.0256.